The molecule has 0 saturated carbocycles. The summed E-state index contributed by atoms with van der Waals surface area (Å²) < 4.78 is 4.33. The van der Waals surface area contributed by atoms with Crippen molar-refractivity contribution in [1.29, 1.82) is 0 Å². The van der Waals surface area contributed by atoms with Crippen LogP contribution in [0.25, 0.3) is 55.2 Å². The van der Waals surface area contributed by atoms with Gasteiger partial charge in [0, 0.05) is 57.7 Å². The van der Waals surface area contributed by atoms with Gasteiger partial charge in [0.1, 0.15) is 11.3 Å². The van der Waals surface area contributed by atoms with Gasteiger partial charge in [0.05, 0.1) is 23.4 Å². The van der Waals surface area contributed by atoms with Gasteiger partial charge in [-0.1, -0.05) is 6.07 Å². The van der Waals surface area contributed by atoms with E-state index in [2.05, 4.69) is 55.5 Å². The fraction of sp³-hybridized carbons (Fsp3) is 0. The summed E-state index contributed by atoms with van der Waals surface area (Å²) in [6.45, 7) is 0. The van der Waals surface area contributed by atoms with Crippen molar-refractivity contribution in [3.8, 4) is 11.4 Å². The van der Waals surface area contributed by atoms with E-state index < -0.39 is 0 Å². The van der Waals surface area contributed by atoms with Gasteiger partial charge in [-0.3, -0.25) is 19.1 Å². The summed E-state index contributed by atoms with van der Waals surface area (Å²) in [5.41, 5.74) is 5.91. The van der Waals surface area contributed by atoms with Crippen LogP contribution in [0.15, 0.2) is 97.8 Å². The standard InChI is InChI=1S/C26H16N6/c1-4-17(31-23-15-27-12-8-19(23)21-6-2-10-29-25(21)31)14-18(5-1)32-24-16-28-13-9-20(24)22-7-3-11-30-26(22)32/h1-16H. The zero-order valence-corrected chi connectivity index (χ0v) is 16.9. The topological polar surface area (TPSA) is 61.4 Å². The van der Waals surface area contributed by atoms with E-state index >= 15 is 0 Å². The highest BCUT2D eigenvalue weighted by Gasteiger charge is 2.16. The van der Waals surface area contributed by atoms with Gasteiger partial charge in [-0.2, -0.15) is 0 Å². The van der Waals surface area contributed by atoms with Crippen LogP contribution < -0.4 is 0 Å². The number of fused-ring (bicyclic) bond motifs is 6. The van der Waals surface area contributed by atoms with Crippen LogP contribution in [-0.4, -0.2) is 29.1 Å². The number of pyridine rings is 4. The van der Waals surface area contributed by atoms with E-state index in [-0.39, 0.29) is 0 Å². The molecule has 0 amide bonds. The summed E-state index contributed by atoms with van der Waals surface area (Å²) >= 11 is 0. The molecule has 0 atom stereocenters. The average molecular weight is 412 g/mol. The molecule has 0 unspecified atom stereocenters. The molecular weight excluding hydrogens is 396 g/mol. The first-order chi connectivity index (χ1) is 15.9. The lowest BCUT2D eigenvalue weighted by atomic mass is 10.2. The Kier molecular flexibility index (Phi) is 3.46. The van der Waals surface area contributed by atoms with Crippen LogP contribution in [0.4, 0.5) is 0 Å². The highest BCUT2D eigenvalue weighted by atomic mass is 15.1. The average Bonchev–Trinajstić information content (AvgIpc) is 3.37. The van der Waals surface area contributed by atoms with Crippen LogP contribution in [0.3, 0.4) is 0 Å². The summed E-state index contributed by atoms with van der Waals surface area (Å²) in [7, 11) is 0. The predicted octanol–water partition coefficient (Wildman–Crippen LogP) is 5.46. The van der Waals surface area contributed by atoms with Gasteiger partial charge in [0.15, 0.2) is 0 Å². The number of nitrogens with zero attached hydrogens (tertiary/aromatic N) is 6. The predicted molar refractivity (Wildman–Crippen MR) is 126 cm³/mol. The first-order valence-electron chi connectivity index (χ1n) is 10.4. The molecule has 0 aliphatic carbocycles. The largest absolute Gasteiger partial charge is 0.292 e. The summed E-state index contributed by atoms with van der Waals surface area (Å²) in [5, 5.41) is 4.49. The lowest BCUT2D eigenvalue weighted by Gasteiger charge is -2.11. The molecule has 0 fully saturated rings. The minimum absolute atomic E-state index is 0.912. The van der Waals surface area contributed by atoms with Gasteiger partial charge in [-0.25, -0.2) is 9.97 Å². The van der Waals surface area contributed by atoms with Crippen molar-refractivity contribution in [1.82, 2.24) is 29.1 Å². The number of benzene rings is 1. The first-order valence-corrected chi connectivity index (χ1v) is 10.4. The van der Waals surface area contributed by atoms with Crippen LogP contribution in [0.1, 0.15) is 0 Å². The zero-order valence-electron chi connectivity index (χ0n) is 16.9. The monoisotopic (exact) mass is 412 g/mol. The number of hydrogen-bond acceptors (Lipinski definition) is 4. The van der Waals surface area contributed by atoms with Crippen molar-refractivity contribution in [3.05, 3.63) is 97.8 Å². The molecule has 0 spiro atoms. The molecule has 7 aromatic rings. The minimum Gasteiger partial charge on any atom is -0.292 e. The summed E-state index contributed by atoms with van der Waals surface area (Å²) in [4.78, 5) is 18.1. The summed E-state index contributed by atoms with van der Waals surface area (Å²) in [5.74, 6) is 0. The Balaban J connectivity index is 1.55. The number of hydrogen-bond donors (Lipinski definition) is 0. The van der Waals surface area contributed by atoms with E-state index in [1.54, 1.807) is 0 Å². The first kappa shape index (κ1) is 17.1. The van der Waals surface area contributed by atoms with Gasteiger partial charge < -0.3 is 0 Å². The second-order valence-corrected chi connectivity index (χ2v) is 7.73. The molecule has 6 heterocycles. The molecule has 7 rings (SSSR count). The molecule has 0 N–H and O–H groups in total. The molecule has 6 aromatic heterocycles. The third-order valence-electron chi connectivity index (χ3n) is 6.01. The lowest BCUT2D eigenvalue weighted by Crippen LogP contribution is -2.00. The Morgan fingerprint density at radius 3 is 1.56 bits per heavy atom. The maximum atomic E-state index is 4.69. The number of aromatic nitrogens is 6. The molecular formula is C26H16N6. The number of rotatable bonds is 2. The van der Waals surface area contributed by atoms with Crippen molar-refractivity contribution in [2.75, 3.05) is 0 Å². The quantitative estimate of drug-likeness (QED) is 0.378. The van der Waals surface area contributed by atoms with Gasteiger partial charge >= 0.3 is 0 Å². The molecule has 0 radical (unpaired) electrons. The molecule has 0 aliphatic rings. The maximum absolute atomic E-state index is 4.69. The molecule has 32 heavy (non-hydrogen) atoms. The van der Waals surface area contributed by atoms with Crippen molar-refractivity contribution in [2.45, 2.75) is 0 Å². The third-order valence-corrected chi connectivity index (χ3v) is 6.01. The molecule has 1 aromatic carbocycles. The van der Waals surface area contributed by atoms with Crippen molar-refractivity contribution >= 4 is 43.9 Å². The Morgan fingerprint density at radius 1 is 0.500 bits per heavy atom. The molecule has 6 nitrogen and oxygen atoms in total. The van der Waals surface area contributed by atoms with Crippen molar-refractivity contribution < 1.29 is 0 Å². The Labute approximate surface area is 182 Å². The molecule has 0 saturated heterocycles. The molecule has 0 bridgehead atoms. The van der Waals surface area contributed by atoms with E-state index in [1.807, 2.05) is 61.4 Å². The van der Waals surface area contributed by atoms with Crippen LogP contribution in [0.2, 0.25) is 0 Å². The van der Waals surface area contributed by atoms with Gasteiger partial charge in [0.2, 0.25) is 0 Å². The maximum Gasteiger partial charge on any atom is 0.145 e. The normalized spacial score (nSPS) is 11.8. The third kappa shape index (κ3) is 2.29. The smallest absolute Gasteiger partial charge is 0.145 e. The fourth-order valence-corrected chi connectivity index (χ4v) is 4.68. The Hall–Kier alpha value is -4.58. The van der Waals surface area contributed by atoms with Crippen LogP contribution in [0.5, 0.6) is 0 Å². The highest BCUT2D eigenvalue weighted by molar-refractivity contribution is 6.08. The van der Waals surface area contributed by atoms with Crippen LogP contribution in [-0.2, 0) is 0 Å². The molecule has 6 heteroatoms. The summed E-state index contributed by atoms with van der Waals surface area (Å²) in [6.07, 6.45) is 11.1. The van der Waals surface area contributed by atoms with Crippen LogP contribution >= 0.6 is 0 Å². The van der Waals surface area contributed by atoms with Crippen LogP contribution in [0, 0.1) is 0 Å². The van der Waals surface area contributed by atoms with Gasteiger partial charge in [0.25, 0.3) is 0 Å². The van der Waals surface area contributed by atoms with E-state index in [0.717, 1.165) is 55.2 Å². The summed E-state index contributed by atoms with van der Waals surface area (Å²) in [6, 6.07) is 20.7. The van der Waals surface area contributed by atoms with Crippen molar-refractivity contribution in [2.24, 2.45) is 0 Å². The minimum atomic E-state index is 0.912. The lowest BCUT2D eigenvalue weighted by molar-refractivity contribution is 1.09. The van der Waals surface area contributed by atoms with E-state index in [9.17, 15) is 0 Å². The van der Waals surface area contributed by atoms with Crippen molar-refractivity contribution in [3.63, 3.8) is 0 Å². The zero-order chi connectivity index (χ0) is 21.1. The Morgan fingerprint density at radius 2 is 1.03 bits per heavy atom. The van der Waals surface area contributed by atoms with Gasteiger partial charge in [-0.05, 0) is 54.6 Å². The SMILES string of the molecule is c1cc(-n2c3cnccc3c3cccnc32)cc(-n2c3cnccc3c3cccnc32)c1. The molecule has 150 valence electrons. The van der Waals surface area contributed by atoms with E-state index in [4.69, 9.17) is 9.97 Å². The Bertz CT molecular complexity index is 1560. The van der Waals surface area contributed by atoms with Gasteiger partial charge in [-0.15, -0.1) is 0 Å². The fourth-order valence-electron chi connectivity index (χ4n) is 4.68. The van der Waals surface area contributed by atoms with E-state index in [1.165, 1.54) is 0 Å². The van der Waals surface area contributed by atoms with E-state index in [0.29, 0.717) is 0 Å². The molecule has 0 aliphatic heterocycles. The second-order valence-electron chi connectivity index (χ2n) is 7.73. The second kappa shape index (κ2) is 6.46. The highest BCUT2D eigenvalue weighted by Crippen LogP contribution is 2.33.